The summed E-state index contributed by atoms with van der Waals surface area (Å²) in [7, 11) is 0. The molecule has 0 saturated heterocycles. The van der Waals surface area contributed by atoms with Gasteiger partial charge in [-0.1, -0.05) is 32.9 Å². The molecule has 0 aliphatic carbocycles. The molecule has 4 nitrogen and oxygen atoms in total. The summed E-state index contributed by atoms with van der Waals surface area (Å²) in [5.41, 5.74) is -4.47. The lowest BCUT2D eigenvalue weighted by atomic mass is 9.71. The number of benzene rings is 1. The van der Waals surface area contributed by atoms with Crippen molar-refractivity contribution in [1.82, 2.24) is 4.98 Å². The quantitative estimate of drug-likeness (QED) is 0.635. The van der Waals surface area contributed by atoms with Crippen molar-refractivity contribution in [2.45, 2.75) is 39.8 Å². The van der Waals surface area contributed by atoms with E-state index in [1.165, 1.54) is 25.1 Å². The number of aryl methyl sites for hydroxylation is 1. The van der Waals surface area contributed by atoms with Crippen LogP contribution in [-0.4, -0.2) is 11.2 Å². The Morgan fingerprint density at radius 1 is 1.19 bits per heavy atom. The molecule has 2 N–H and O–H groups in total. The number of nitrogens with one attached hydrogen (secondary N) is 2. The number of nitrogens with zero attached hydrogens (tertiary/aromatic N) is 1. The third-order valence-corrected chi connectivity index (χ3v) is 4.05. The second kappa shape index (κ2) is 7.42. The van der Waals surface area contributed by atoms with Crippen LogP contribution in [0, 0.1) is 18.3 Å². The number of halogens is 4. The fourth-order valence-electron chi connectivity index (χ4n) is 2.81. The van der Waals surface area contributed by atoms with Crippen molar-refractivity contribution in [3.8, 4) is 6.07 Å². The molecule has 0 amide bonds. The molecule has 0 radical (unpaired) electrons. The van der Waals surface area contributed by atoms with Crippen LogP contribution in [0.3, 0.4) is 0 Å². The topological polar surface area (TPSA) is 68.7 Å². The summed E-state index contributed by atoms with van der Waals surface area (Å²) in [4.78, 5) is 14.5. The van der Waals surface area contributed by atoms with Crippen LogP contribution in [0.2, 0.25) is 5.02 Å². The number of rotatable bonds is 0. The minimum atomic E-state index is -4.93. The lowest BCUT2D eigenvalue weighted by molar-refractivity contribution is -0.162. The number of fused-ring (bicyclic) bond motifs is 2. The van der Waals surface area contributed by atoms with E-state index in [2.05, 4.69) is 10.3 Å². The van der Waals surface area contributed by atoms with Gasteiger partial charge in [0.1, 0.15) is 5.69 Å². The number of aromatic amines is 1. The molecule has 0 fully saturated rings. The number of H-pyrrole nitrogens is 1. The molecule has 2 aromatic rings. The van der Waals surface area contributed by atoms with E-state index in [9.17, 15) is 23.2 Å². The molecule has 1 atom stereocenters. The number of alkyl halides is 3. The van der Waals surface area contributed by atoms with Crippen LogP contribution in [0.5, 0.6) is 0 Å². The van der Waals surface area contributed by atoms with Gasteiger partial charge in [-0.25, -0.2) is 0 Å². The first kappa shape index (κ1) is 21.6. The highest BCUT2D eigenvalue weighted by Gasteiger charge is 2.61. The summed E-state index contributed by atoms with van der Waals surface area (Å²) < 4.78 is 41.8. The van der Waals surface area contributed by atoms with E-state index in [1.807, 2.05) is 13.8 Å². The Bertz CT molecular complexity index is 915. The normalized spacial score (nSPS) is 17.3. The third-order valence-electron chi connectivity index (χ3n) is 3.81. The molecule has 3 rings (SSSR count). The maximum absolute atomic E-state index is 13.9. The molecule has 2 heterocycles. The summed E-state index contributed by atoms with van der Waals surface area (Å²) in [6.45, 7) is 5.45. The lowest BCUT2D eigenvalue weighted by Crippen LogP contribution is -2.46. The van der Waals surface area contributed by atoms with Crippen LogP contribution in [0.15, 0.2) is 29.1 Å². The van der Waals surface area contributed by atoms with Crippen molar-refractivity contribution < 1.29 is 13.2 Å². The highest BCUT2D eigenvalue weighted by atomic mass is 35.5. The smallest absolute Gasteiger partial charge is 0.350 e. The third kappa shape index (κ3) is 3.06. The molecule has 26 heavy (non-hydrogen) atoms. The zero-order chi connectivity index (χ0) is 19.0. The predicted octanol–water partition coefficient (Wildman–Crippen LogP) is 5.43. The molecule has 0 spiro atoms. The average Bonchev–Trinajstić information content (AvgIpc) is 2.54. The van der Waals surface area contributed by atoms with Gasteiger partial charge in [-0.2, -0.15) is 18.4 Å². The Labute approximate surface area is 154 Å². The Morgan fingerprint density at radius 2 is 1.81 bits per heavy atom. The van der Waals surface area contributed by atoms with Gasteiger partial charge in [0.15, 0.2) is 0 Å². The van der Waals surface area contributed by atoms with E-state index in [-0.39, 0.29) is 35.1 Å². The van der Waals surface area contributed by atoms with Gasteiger partial charge in [-0.15, -0.1) is 0 Å². The second-order valence-electron chi connectivity index (χ2n) is 5.24. The molecule has 1 unspecified atom stereocenters. The largest absolute Gasteiger partial charge is 0.415 e. The highest BCUT2D eigenvalue weighted by Crippen LogP contribution is 2.53. The molecule has 1 aromatic heterocycles. The summed E-state index contributed by atoms with van der Waals surface area (Å²) in [6, 6.07) is 6.33. The fraction of sp³-hybridized carbons (Fsp3) is 0.333. The molecular weight excluding hydrogens is 367 g/mol. The SMILES string of the molecule is C.CC.Cc1cc2c(c(=O)[nH]1)Nc1ccc(Cl)cc1C2(C#N)C(F)(F)F. The highest BCUT2D eigenvalue weighted by molar-refractivity contribution is 6.30. The molecule has 140 valence electrons. The van der Waals surface area contributed by atoms with Crippen LogP contribution in [0.1, 0.15) is 38.1 Å². The van der Waals surface area contributed by atoms with Gasteiger partial charge in [-0.3, -0.25) is 4.79 Å². The number of aromatic nitrogens is 1. The Hall–Kier alpha value is -2.46. The van der Waals surface area contributed by atoms with E-state index in [4.69, 9.17) is 11.6 Å². The van der Waals surface area contributed by atoms with E-state index in [0.29, 0.717) is 0 Å². The summed E-state index contributed by atoms with van der Waals surface area (Å²) in [5.74, 6) is 0. The molecular formula is C18H19ClF3N3O. The number of anilines is 2. The molecule has 8 heteroatoms. The van der Waals surface area contributed by atoms with Crippen LogP contribution < -0.4 is 10.9 Å². The number of hydrogen-bond acceptors (Lipinski definition) is 3. The maximum Gasteiger partial charge on any atom is 0.415 e. The Kier molecular flexibility index (Phi) is 6.16. The van der Waals surface area contributed by atoms with Gasteiger partial charge < -0.3 is 10.3 Å². The zero-order valence-corrected chi connectivity index (χ0v) is 14.4. The predicted molar refractivity (Wildman–Crippen MR) is 97.1 cm³/mol. The van der Waals surface area contributed by atoms with Crippen LogP contribution >= 0.6 is 11.6 Å². The standard InChI is InChI=1S/C15H9ClF3N3O.C2H6.CH4/c1-7-4-10-12(13(23)21-7)22-11-3-2-8(16)5-9(11)14(10,6-20)15(17,18)19;1-2;/h2-5,22H,1H3,(H,21,23);1-2H3;1H4. The summed E-state index contributed by atoms with van der Waals surface area (Å²) in [6.07, 6.45) is -4.93. The van der Waals surface area contributed by atoms with Gasteiger partial charge in [0.2, 0.25) is 5.41 Å². The molecule has 1 aliphatic heterocycles. The first-order chi connectivity index (χ1) is 11.7. The van der Waals surface area contributed by atoms with Crippen LogP contribution in [0.25, 0.3) is 0 Å². The van der Waals surface area contributed by atoms with Crippen molar-refractivity contribution in [3.63, 3.8) is 0 Å². The van der Waals surface area contributed by atoms with E-state index < -0.39 is 22.7 Å². The van der Waals surface area contributed by atoms with Crippen molar-refractivity contribution >= 4 is 23.0 Å². The average molecular weight is 386 g/mol. The first-order valence-corrected chi connectivity index (χ1v) is 7.88. The van der Waals surface area contributed by atoms with Gasteiger partial charge in [0, 0.05) is 27.5 Å². The fourth-order valence-corrected chi connectivity index (χ4v) is 2.99. The van der Waals surface area contributed by atoms with Crippen molar-refractivity contribution in [2.75, 3.05) is 5.32 Å². The molecule has 0 saturated carbocycles. The van der Waals surface area contributed by atoms with E-state index >= 15 is 0 Å². The Balaban J connectivity index is 0.00000109. The second-order valence-corrected chi connectivity index (χ2v) is 5.68. The van der Waals surface area contributed by atoms with Crippen molar-refractivity contribution in [1.29, 1.82) is 5.26 Å². The van der Waals surface area contributed by atoms with E-state index in [1.54, 1.807) is 0 Å². The summed E-state index contributed by atoms with van der Waals surface area (Å²) >= 11 is 5.83. The Morgan fingerprint density at radius 3 is 2.35 bits per heavy atom. The minimum absolute atomic E-state index is 0. The minimum Gasteiger partial charge on any atom is -0.350 e. The maximum atomic E-state index is 13.9. The summed E-state index contributed by atoms with van der Waals surface area (Å²) in [5, 5.41) is 12.2. The number of nitriles is 1. The van der Waals surface area contributed by atoms with Crippen molar-refractivity contribution in [3.05, 3.63) is 56.5 Å². The molecule has 0 bridgehead atoms. The zero-order valence-electron chi connectivity index (χ0n) is 13.7. The lowest BCUT2D eigenvalue weighted by Gasteiger charge is -2.36. The van der Waals surface area contributed by atoms with Gasteiger partial charge >= 0.3 is 6.18 Å². The number of hydrogen-bond donors (Lipinski definition) is 2. The number of pyridine rings is 1. The van der Waals surface area contributed by atoms with Gasteiger partial charge in [0.25, 0.3) is 5.56 Å². The monoisotopic (exact) mass is 385 g/mol. The van der Waals surface area contributed by atoms with Crippen LogP contribution in [-0.2, 0) is 5.41 Å². The van der Waals surface area contributed by atoms with Gasteiger partial charge in [0.05, 0.1) is 6.07 Å². The van der Waals surface area contributed by atoms with Crippen molar-refractivity contribution in [2.24, 2.45) is 0 Å². The van der Waals surface area contributed by atoms with Gasteiger partial charge in [-0.05, 0) is 31.2 Å². The molecule has 1 aliphatic rings. The molecule has 1 aromatic carbocycles. The first-order valence-electron chi connectivity index (χ1n) is 7.50. The van der Waals surface area contributed by atoms with E-state index in [0.717, 1.165) is 12.1 Å². The van der Waals surface area contributed by atoms with Crippen LogP contribution in [0.4, 0.5) is 24.5 Å².